The SMILES string of the molecule is Cc1cc(Oc2cc([N+](=O)[O-])c(C)cc2C)ccc1CBr. The van der Waals surface area contributed by atoms with E-state index in [1.54, 1.807) is 13.0 Å². The van der Waals surface area contributed by atoms with E-state index in [0.717, 1.165) is 16.5 Å². The number of rotatable bonds is 4. The van der Waals surface area contributed by atoms with Crippen molar-refractivity contribution in [1.82, 2.24) is 0 Å². The number of nitrogens with zero attached hydrogens (tertiary/aromatic N) is 1. The van der Waals surface area contributed by atoms with Crippen LogP contribution in [-0.2, 0) is 5.33 Å². The smallest absolute Gasteiger partial charge is 0.276 e. The summed E-state index contributed by atoms with van der Waals surface area (Å²) in [4.78, 5) is 10.6. The van der Waals surface area contributed by atoms with Gasteiger partial charge in [-0.3, -0.25) is 10.1 Å². The van der Waals surface area contributed by atoms with Crippen molar-refractivity contribution < 1.29 is 9.66 Å². The van der Waals surface area contributed by atoms with Gasteiger partial charge >= 0.3 is 0 Å². The average Bonchev–Trinajstić information content (AvgIpc) is 2.41. The van der Waals surface area contributed by atoms with Crippen LogP contribution in [0.15, 0.2) is 30.3 Å². The number of hydrogen-bond acceptors (Lipinski definition) is 3. The Balaban J connectivity index is 2.37. The average molecular weight is 350 g/mol. The summed E-state index contributed by atoms with van der Waals surface area (Å²) in [6, 6.07) is 9.04. The monoisotopic (exact) mass is 349 g/mol. The lowest BCUT2D eigenvalue weighted by Gasteiger charge is -2.11. The molecule has 0 N–H and O–H groups in total. The molecule has 0 aliphatic carbocycles. The molecule has 0 aromatic heterocycles. The summed E-state index contributed by atoms with van der Waals surface area (Å²) in [5.74, 6) is 1.19. The lowest BCUT2D eigenvalue weighted by Crippen LogP contribution is -1.96. The van der Waals surface area contributed by atoms with Gasteiger partial charge in [0.15, 0.2) is 0 Å². The lowest BCUT2D eigenvalue weighted by molar-refractivity contribution is -0.385. The topological polar surface area (TPSA) is 52.4 Å². The number of alkyl halides is 1. The van der Waals surface area contributed by atoms with Gasteiger partial charge < -0.3 is 4.74 Å². The van der Waals surface area contributed by atoms with Crippen molar-refractivity contribution in [2.75, 3.05) is 0 Å². The molecule has 0 aliphatic heterocycles. The minimum absolute atomic E-state index is 0.0735. The van der Waals surface area contributed by atoms with Crippen molar-refractivity contribution >= 4 is 21.6 Å². The summed E-state index contributed by atoms with van der Waals surface area (Å²) < 4.78 is 5.82. The van der Waals surface area contributed by atoms with Gasteiger partial charge in [0, 0.05) is 10.9 Å². The van der Waals surface area contributed by atoms with Gasteiger partial charge in [0.1, 0.15) is 11.5 Å². The van der Waals surface area contributed by atoms with E-state index >= 15 is 0 Å². The van der Waals surface area contributed by atoms with Crippen molar-refractivity contribution in [2.45, 2.75) is 26.1 Å². The van der Waals surface area contributed by atoms with Crippen molar-refractivity contribution in [3.8, 4) is 11.5 Å². The summed E-state index contributed by atoms with van der Waals surface area (Å²) in [7, 11) is 0. The number of halogens is 1. The molecule has 110 valence electrons. The fraction of sp³-hybridized carbons (Fsp3) is 0.250. The first kappa shape index (κ1) is 15.5. The van der Waals surface area contributed by atoms with Crippen molar-refractivity contribution in [2.24, 2.45) is 0 Å². The molecule has 0 amide bonds. The highest BCUT2D eigenvalue weighted by molar-refractivity contribution is 9.08. The summed E-state index contributed by atoms with van der Waals surface area (Å²) >= 11 is 3.43. The highest BCUT2D eigenvalue weighted by Gasteiger charge is 2.15. The molecular formula is C16H16BrNO3. The number of hydrogen-bond donors (Lipinski definition) is 0. The zero-order chi connectivity index (χ0) is 15.6. The van der Waals surface area contributed by atoms with Gasteiger partial charge in [-0.1, -0.05) is 22.0 Å². The van der Waals surface area contributed by atoms with E-state index in [4.69, 9.17) is 4.74 Å². The Kier molecular flexibility index (Phi) is 4.63. The van der Waals surface area contributed by atoms with Gasteiger partial charge in [-0.2, -0.15) is 0 Å². The predicted octanol–water partition coefficient (Wildman–Crippen LogP) is 5.21. The van der Waals surface area contributed by atoms with Crippen LogP contribution in [0.4, 0.5) is 5.69 Å². The van der Waals surface area contributed by atoms with Crippen molar-refractivity contribution in [3.63, 3.8) is 0 Å². The third kappa shape index (κ3) is 3.42. The summed E-state index contributed by atoms with van der Waals surface area (Å²) in [5, 5.41) is 11.8. The number of nitro groups is 1. The normalized spacial score (nSPS) is 10.5. The summed E-state index contributed by atoms with van der Waals surface area (Å²) in [5.41, 5.74) is 3.89. The van der Waals surface area contributed by atoms with Crippen LogP contribution in [0.3, 0.4) is 0 Å². The zero-order valence-electron chi connectivity index (χ0n) is 12.1. The molecule has 2 rings (SSSR count). The van der Waals surface area contributed by atoms with E-state index < -0.39 is 0 Å². The molecule has 0 spiro atoms. The van der Waals surface area contributed by atoms with Crippen molar-refractivity contribution in [3.05, 3.63) is 62.7 Å². The second kappa shape index (κ2) is 6.26. The maximum absolute atomic E-state index is 11.0. The fourth-order valence-corrected chi connectivity index (χ4v) is 2.77. The Morgan fingerprint density at radius 3 is 2.38 bits per heavy atom. The van der Waals surface area contributed by atoms with Gasteiger partial charge in [0.25, 0.3) is 5.69 Å². The molecule has 4 nitrogen and oxygen atoms in total. The minimum atomic E-state index is -0.388. The van der Waals surface area contributed by atoms with E-state index in [1.165, 1.54) is 11.6 Å². The quantitative estimate of drug-likeness (QED) is 0.432. The molecule has 0 bridgehead atoms. The number of nitro benzene ring substituents is 1. The number of benzene rings is 2. The highest BCUT2D eigenvalue weighted by Crippen LogP contribution is 2.32. The Morgan fingerprint density at radius 2 is 1.81 bits per heavy atom. The molecule has 0 saturated heterocycles. The standard InChI is InChI=1S/C16H16BrNO3/c1-10-7-14(5-4-13(10)9-17)21-16-8-15(18(19)20)11(2)6-12(16)3/h4-8H,9H2,1-3H3. The summed E-state index contributed by atoms with van der Waals surface area (Å²) in [6.45, 7) is 5.61. The second-order valence-corrected chi connectivity index (χ2v) is 5.55. The molecule has 0 fully saturated rings. The molecule has 0 aliphatic rings. The minimum Gasteiger partial charge on any atom is -0.457 e. The predicted molar refractivity (Wildman–Crippen MR) is 86.5 cm³/mol. The van der Waals surface area contributed by atoms with Gasteiger partial charge in [-0.25, -0.2) is 0 Å². The van der Waals surface area contributed by atoms with E-state index in [1.807, 2.05) is 32.0 Å². The third-order valence-corrected chi connectivity index (χ3v) is 3.98. The van der Waals surface area contributed by atoms with Crippen LogP contribution in [0.5, 0.6) is 11.5 Å². The highest BCUT2D eigenvalue weighted by atomic mass is 79.9. The van der Waals surface area contributed by atoms with E-state index in [-0.39, 0.29) is 10.6 Å². The molecule has 0 heterocycles. The molecule has 0 atom stereocenters. The molecular weight excluding hydrogens is 334 g/mol. The molecule has 5 heteroatoms. The van der Waals surface area contributed by atoms with Crippen LogP contribution in [0.25, 0.3) is 0 Å². The van der Waals surface area contributed by atoms with Crippen LogP contribution < -0.4 is 4.74 Å². The molecule has 0 saturated carbocycles. The van der Waals surface area contributed by atoms with E-state index in [2.05, 4.69) is 15.9 Å². The van der Waals surface area contributed by atoms with Crippen LogP contribution in [0, 0.1) is 30.9 Å². The Bertz CT molecular complexity index is 698. The Morgan fingerprint density at radius 1 is 1.10 bits per heavy atom. The molecule has 2 aromatic rings. The van der Waals surface area contributed by atoms with Gasteiger partial charge in [0.2, 0.25) is 0 Å². The largest absolute Gasteiger partial charge is 0.457 e. The number of ether oxygens (including phenoxy) is 1. The maximum atomic E-state index is 11.0. The second-order valence-electron chi connectivity index (χ2n) is 4.99. The van der Waals surface area contributed by atoms with Gasteiger partial charge in [0.05, 0.1) is 11.0 Å². The first-order valence-corrected chi connectivity index (χ1v) is 7.63. The maximum Gasteiger partial charge on any atom is 0.276 e. The lowest BCUT2D eigenvalue weighted by atomic mass is 10.1. The zero-order valence-corrected chi connectivity index (χ0v) is 13.7. The molecule has 0 radical (unpaired) electrons. The van der Waals surface area contributed by atoms with E-state index in [9.17, 15) is 10.1 Å². The summed E-state index contributed by atoms with van der Waals surface area (Å²) in [6.07, 6.45) is 0. The van der Waals surface area contributed by atoms with Crippen LogP contribution >= 0.6 is 15.9 Å². The van der Waals surface area contributed by atoms with Gasteiger partial charge in [-0.05, 0) is 55.7 Å². The molecule has 21 heavy (non-hydrogen) atoms. The molecule has 0 unspecified atom stereocenters. The fourth-order valence-electron chi connectivity index (χ4n) is 2.14. The van der Waals surface area contributed by atoms with E-state index in [0.29, 0.717) is 17.1 Å². The van der Waals surface area contributed by atoms with Crippen LogP contribution in [0.1, 0.15) is 22.3 Å². The third-order valence-electron chi connectivity index (χ3n) is 3.38. The van der Waals surface area contributed by atoms with Gasteiger partial charge in [-0.15, -0.1) is 0 Å². The Hall–Kier alpha value is -1.88. The van der Waals surface area contributed by atoms with Crippen LogP contribution in [-0.4, -0.2) is 4.92 Å². The van der Waals surface area contributed by atoms with Crippen LogP contribution in [0.2, 0.25) is 0 Å². The first-order valence-electron chi connectivity index (χ1n) is 6.51. The van der Waals surface area contributed by atoms with Crippen molar-refractivity contribution in [1.29, 1.82) is 0 Å². The molecule has 2 aromatic carbocycles. The number of aryl methyl sites for hydroxylation is 3. The Labute approximate surface area is 132 Å². The first-order chi connectivity index (χ1) is 9.92.